The van der Waals surface area contributed by atoms with Gasteiger partial charge in [-0.2, -0.15) is 0 Å². The van der Waals surface area contributed by atoms with Gasteiger partial charge in [-0.3, -0.25) is 9.78 Å². The van der Waals surface area contributed by atoms with Crippen LogP contribution in [0.3, 0.4) is 0 Å². The van der Waals surface area contributed by atoms with Crippen molar-refractivity contribution in [3.05, 3.63) is 46.3 Å². The molecular weight excluding hydrogens is 298 g/mol. The predicted octanol–water partition coefficient (Wildman–Crippen LogP) is 2.07. The molecule has 2 rings (SSSR count). The summed E-state index contributed by atoms with van der Waals surface area (Å²) in [7, 11) is 1.50. The highest BCUT2D eigenvalue weighted by molar-refractivity contribution is 9.10. The fourth-order valence-corrected chi connectivity index (χ4v) is 1.58. The summed E-state index contributed by atoms with van der Waals surface area (Å²) in [6.07, 6.45) is 1.86. The third-order valence-corrected chi connectivity index (χ3v) is 2.73. The van der Waals surface area contributed by atoms with Gasteiger partial charge in [0.1, 0.15) is 5.69 Å². The summed E-state index contributed by atoms with van der Waals surface area (Å²) < 4.78 is 5.76. The number of hydrogen-bond acceptors (Lipinski definition) is 5. The second-order valence-electron chi connectivity index (χ2n) is 3.53. The van der Waals surface area contributed by atoms with Crippen LogP contribution in [0.25, 0.3) is 0 Å². The number of methoxy groups -OCH3 is 1. The molecule has 18 heavy (non-hydrogen) atoms. The highest BCUT2D eigenvalue weighted by Crippen LogP contribution is 2.10. The van der Waals surface area contributed by atoms with Gasteiger partial charge in [0.25, 0.3) is 0 Å². The number of rotatable bonds is 4. The first kappa shape index (κ1) is 12.6. The Balaban J connectivity index is 2.09. The van der Waals surface area contributed by atoms with Crippen LogP contribution < -0.4 is 4.74 Å². The Labute approximate surface area is 112 Å². The lowest BCUT2D eigenvalue weighted by Gasteiger charge is -2.01. The summed E-state index contributed by atoms with van der Waals surface area (Å²) in [4.78, 5) is 16.0. The van der Waals surface area contributed by atoms with Crippen LogP contribution in [-0.2, 0) is 6.42 Å². The lowest BCUT2D eigenvalue weighted by molar-refractivity contribution is 0.0986. The molecule has 0 spiro atoms. The fraction of sp³-hybridized carbons (Fsp3) is 0.167. The highest BCUT2D eigenvalue weighted by Gasteiger charge is 2.10. The normalized spacial score (nSPS) is 10.1. The molecule has 92 valence electrons. The van der Waals surface area contributed by atoms with Gasteiger partial charge in [-0.1, -0.05) is 0 Å². The summed E-state index contributed by atoms with van der Waals surface area (Å²) in [6, 6.07) is 6.83. The monoisotopic (exact) mass is 307 g/mol. The summed E-state index contributed by atoms with van der Waals surface area (Å²) in [6.45, 7) is 0. The number of carbonyl (C=O) groups excluding carboxylic acids is 1. The SMILES string of the molecule is COc1ccc(C(=O)Cc2ccc(Br)cn2)nn1. The van der Waals surface area contributed by atoms with Crippen LogP contribution >= 0.6 is 15.9 Å². The zero-order valence-corrected chi connectivity index (χ0v) is 11.2. The van der Waals surface area contributed by atoms with Crippen molar-refractivity contribution in [2.24, 2.45) is 0 Å². The Morgan fingerprint density at radius 2 is 2.11 bits per heavy atom. The van der Waals surface area contributed by atoms with E-state index in [-0.39, 0.29) is 12.2 Å². The van der Waals surface area contributed by atoms with Gasteiger partial charge in [-0.15, -0.1) is 10.2 Å². The van der Waals surface area contributed by atoms with Crippen molar-refractivity contribution in [2.45, 2.75) is 6.42 Å². The van der Waals surface area contributed by atoms with Crippen molar-refractivity contribution >= 4 is 21.7 Å². The van der Waals surface area contributed by atoms with Gasteiger partial charge in [-0.25, -0.2) is 0 Å². The standard InChI is InChI=1S/C12H10BrN3O2/c1-18-12-5-4-10(15-16-12)11(17)6-9-3-2-8(13)7-14-9/h2-5,7H,6H2,1H3. The highest BCUT2D eigenvalue weighted by atomic mass is 79.9. The minimum atomic E-state index is -0.125. The van der Waals surface area contributed by atoms with Crippen molar-refractivity contribution < 1.29 is 9.53 Å². The molecule has 0 N–H and O–H groups in total. The molecule has 0 aliphatic heterocycles. The quantitative estimate of drug-likeness (QED) is 0.809. The summed E-state index contributed by atoms with van der Waals surface area (Å²) in [5, 5.41) is 7.55. The average Bonchev–Trinajstić information content (AvgIpc) is 2.41. The second-order valence-corrected chi connectivity index (χ2v) is 4.44. The molecule has 0 aliphatic rings. The van der Waals surface area contributed by atoms with Gasteiger partial charge in [0, 0.05) is 22.4 Å². The van der Waals surface area contributed by atoms with E-state index in [9.17, 15) is 4.79 Å². The number of Topliss-reactive ketones (excluding diaryl/α,β-unsaturated/α-hetero) is 1. The van der Waals surface area contributed by atoms with Crippen molar-refractivity contribution in [3.63, 3.8) is 0 Å². The molecule has 5 nitrogen and oxygen atoms in total. The van der Waals surface area contributed by atoms with Crippen LogP contribution in [0.15, 0.2) is 34.9 Å². The molecule has 0 atom stereocenters. The summed E-state index contributed by atoms with van der Waals surface area (Å²) in [5.41, 5.74) is 1.00. The molecule has 6 heteroatoms. The van der Waals surface area contributed by atoms with E-state index < -0.39 is 0 Å². The minimum absolute atomic E-state index is 0.125. The predicted molar refractivity (Wildman–Crippen MR) is 68.6 cm³/mol. The molecule has 0 saturated carbocycles. The number of ketones is 1. The van der Waals surface area contributed by atoms with E-state index >= 15 is 0 Å². The maximum atomic E-state index is 11.9. The largest absolute Gasteiger partial charge is 0.480 e. The summed E-state index contributed by atoms with van der Waals surface area (Å²) in [5.74, 6) is 0.258. The van der Waals surface area contributed by atoms with Gasteiger partial charge in [-0.05, 0) is 34.1 Å². The minimum Gasteiger partial charge on any atom is -0.480 e. The van der Waals surface area contributed by atoms with Crippen molar-refractivity contribution in [1.29, 1.82) is 0 Å². The Morgan fingerprint density at radius 1 is 1.28 bits per heavy atom. The van der Waals surface area contributed by atoms with Crippen LogP contribution in [0.1, 0.15) is 16.2 Å². The van der Waals surface area contributed by atoms with Crippen LogP contribution in [0.2, 0.25) is 0 Å². The Kier molecular flexibility index (Phi) is 3.99. The number of nitrogens with zero attached hydrogens (tertiary/aromatic N) is 3. The van der Waals surface area contributed by atoms with Gasteiger partial charge in [0.05, 0.1) is 13.5 Å². The zero-order valence-electron chi connectivity index (χ0n) is 9.63. The molecule has 0 bridgehead atoms. The second kappa shape index (κ2) is 5.68. The van der Waals surface area contributed by atoms with Crippen molar-refractivity contribution in [2.75, 3.05) is 7.11 Å². The Bertz CT molecular complexity index is 540. The van der Waals surface area contributed by atoms with E-state index in [1.54, 1.807) is 24.4 Å². The first-order valence-corrected chi connectivity index (χ1v) is 5.99. The van der Waals surface area contributed by atoms with Gasteiger partial charge in [0.2, 0.25) is 5.88 Å². The fourth-order valence-electron chi connectivity index (χ4n) is 1.34. The maximum Gasteiger partial charge on any atom is 0.233 e. The number of hydrogen-bond donors (Lipinski definition) is 0. The molecule has 2 aromatic heterocycles. The molecule has 0 aromatic carbocycles. The molecule has 0 aliphatic carbocycles. The molecule has 0 unspecified atom stereocenters. The molecule has 0 amide bonds. The van der Waals surface area contributed by atoms with E-state index in [1.807, 2.05) is 6.07 Å². The van der Waals surface area contributed by atoms with Crippen LogP contribution in [-0.4, -0.2) is 28.1 Å². The lowest BCUT2D eigenvalue weighted by Crippen LogP contribution is -2.08. The van der Waals surface area contributed by atoms with Gasteiger partial charge < -0.3 is 4.74 Å². The van der Waals surface area contributed by atoms with Crippen molar-refractivity contribution in [3.8, 4) is 5.88 Å². The third-order valence-electron chi connectivity index (χ3n) is 2.27. The number of carbonyl (C=O) groups is 1. The van der Waals surface area contributed by atoms with E-state index in [2.05, 4.69) is 31.1 Å². The molecule has 0 fully saturated rings. The lowest BCUT2D eigenvalue weighted by atomic mass is 10.1. The number of aromatic nitrogens is 3. The Morgan fingerprint density at radius 3 is 2.67 bits per heavy atom. The van der Waals surface area contributed by atoms with E-state index in [0.29, 0.717) is 17.3 Å². The molecule has 2 heterocycles. The number of halogens is 1. The van der Waals surface area contributed by atoms with Gasteiger partial charge >= 0.3 is 0 Å². The van der Waals surface area contributed by atoms with Crippen LogP contribution in [0, 0.1) is 0 Å². The topological polar surface area (TPSA) is 65.0 Å². The van der Waals surface area contributed by atoms with E-state index in [0.717, 1.165) is 4.47 Å². The van der Waals surface area contributed by atoms with E-state index in [1.165, 1.54) is 7.11 Å². The summed E-state index contributed by atoms with van der Waals surface area (Å²) >= 11 is 3.29. The molecule has 0 radical (unpaired) electrons. The Hall–Kier alpha value is -1.82. The molecular formula is C12H10BrN3O2. The molecule has 2 aromatic rings. The van der Waals surface area contributed by atoms with Crippen molar-refractivity contribution in [1.82, 2.24) is 15.2 Å². The molecule has 0 saturated heterocycles. The smallest absolute Gasteiger partial charge is 0.233 e. The first-order chi connectivity index (χ1) is 8.69. The van der Waals surface area contributed by atoms with E-state index in [4.69, 9.17) is 4.74 Å². The van der Waals surface area contributed by atoms with Gasteiger partial charge in [0.15, 0.2) is 5.78 Å². The number of pyridine rings is 1. The number of ether oxygens (including phenoxy) is 1. The maximum absolute atomic E-state index is 11.9. The van der Waals surface area contributed by atoms with Crippen LogP contribution in [0.5, 0.6) is 5.88 Å². The average molecular weight is 308 g/mol. The third kappa shape index (κ3) is 3.10. The zero-order chi connectivity index (χ0) is 13.0. The van der Waals surface area contributed by atoms with Crippen LogP contribution in [0.4, 0.5) is 0 Å². The first-order valence-electron chi connectivity index (χ1n) is 5.20.